The first kappa shape index (κ1) is 71.7. The maximum absolute atomic E-state index is 13.5. The second-order valence-corrected chi connectivity index (χ2v) is 23.6. The molecule has 0 heterocycles. The van der Waals surface area contributed by atoms with Gasteiger partial charge in [0, 0.05) is 12.8 Å². The zero-order valence-electron chi connectivity index (χ0n) is 49.3. The number of unbranched alkanes of at least 4 members (excludes halogenated alkanes) is 32. The number of amides is 1. The summed E-state index contributed by atoms with van der Waals surface area (Å²) in [6.07, 6.45) is 67.8. The van der Waals surface area contributed by atoms with Gasteiger partial charge in [0.15, 0.2) is 0 Å². The molecule has 0 aliphatic heterocycles. The number of nitrogens with zero attached hydrogens (tertiary/aromatic N) is 1. The van der Waals surface area contributed by atoms with Crippen molar-refractivity contribution in [3.05, 3.63) is 60.8 Å². The molecule has 432 valence electrons. The second kappa shape index (κ2) is 54.1. The number of likely N-dealkylation sites (N-methyl/N-ethyl adjacent to an activating group) is 1. The highest BCUT2D eigenvalue weighted by molar-refractivity contribution is 7.45. The number of ether oxygens (including phenoxy) is 1. The molecule has 3 unspecified atom stereocenters. The lowest BCUT2D eigenvalue weighted by Gasteiger charge is -2.30. The molecule has 0 aromatic rings. The molecule has 1 N–H and O–H groups in total. The molecule has 0 fully saturated rings. The maximum Gasteiger partial charge on any atom is 0.306 e. The van der Waals surface area contributed by atoms with E-state index >= 15 is 0 Å². The summed E-state index contributed by atoms with van der Waals surface area (Å²) in [4.78, 5) is 39.9. The standard InChI is InChI=1S/C64H119N2O7P/c1-7-10-13-16-19-22-25-28-29-30-31-32-33-34-35-36-37-39-42-45-48-51-54-57-64(68)73-62(55-52-49-46-43-40-27-24-21-18-15-12-9-3)61(60-72-74(69,70)71-59-58-66(4,5)6)65-63(67)56-53-50-47-44-41-38-26-23-20-17-14-11-8-2/h19,22,28-29,38,41,47,50,52,55,61-62H,7-18,20-21,23-27,30-37,39-40,42-46,48-49,51,53-54,56-60H2,1-6H3,(H-,65,67,69,70)/b22-19-,29-28-,41-38-,50-47+,55-52-. The van der Waals surface area contributed by atoms with Crippen LogP contribution in [0.2, 0.25) is 0 Å². The summed E-state index contributed by atoms with van der Waals surface area (Å²) in [6.45, 7) is 6.78. The van der Waals surface area contributed by atoms with Crippen molar-refractivity contribution in [2.24, 2.45) is 0 Å². The molecular formula is C64H119N2O7P. The van der Waals surface area contributed by atoms with Crippen LogP contribution in [0.5, 0.6) is 0 Å². The van der Waals surface area contributed by atoms with Crippen LogP contribution in [-0.2, 0) is 27.9 Å². The van der Waals surface area contributed by atoms with Gasteiger partial charge in [-0.1, -0.05) is 249 Å². The van der Waals surface area contributed by atoms with Crippen LogP contribution in [0.25, 0.3) is 0 Å². The normalized spacial score (nSPS) is 14.1. The summed E-state index contributed by atoms with van der Waals surface area (Å²) in [5.41, 5.74) is 0. The van der Waals surface area contributed by atoms with E-state index in [2.05, 4.69) is 68.6 Å². The SMILES string of the molecule is CCCCC/C=C\C/C=C\CCCCCCCCCCCCCCCC(=O)OC(/C=C\CCCCCCCCCCCC)C(COP(=O)([O-])OCC[N+](C)(C)C)NC(=O)CC/C=C/C/C=C\CCCCCCCC. The fourth-order valence-corrected chi connectivity index (χ4v) is 9.56. The Bertz CT molecular complexity index is 1450. The van der Waals surface area contributed by atoms with Gasteiger partial charge in [0.2, 0.25) is 5.91 Å². The average Bonchev–Trinajstić information content (AvgIpc) is 3.36. The van der Waals surface area contributed by atoms with E-state index in [0.29, 0.717) is 17.4 Å². The largest absolute Gasteiger partial charge is 0.756 e. The minimum absolute atomic E-state index is 0.0319. The highest BCUT2D eigenvalue weighted by Crippen LogP contribution is 2.38. The lowest BCUT2D eigenvalue weighted by atomic mass is 10.0. The molecule has 74 heavy (non-hydrogen) atoms. The molecule has 1 amide bonds. The van der Waals surface area contributed by atoms with Gasteiger partial charge in [-0.2, -0.15) is 0 Å². The zero-order valence-corrected chi connectivity index (χ0v) is 50.2. The lowest BCUT2D eigenvalue weighted by Crippen LogP contribution is -2.47. The molecular weight excluding hydrogens is 940 g/mol. The molecule has 0 aromatic heterocycles. The zero-order chi connectivity index (χ0) is 54.3. The van der Waals surface area contributed by atoms with Crippen molar-refractivity contribution < 1.29 is 37.3 Å². The fraction of sp³-hybridized carbons (Fsp3) is 0.812. The highest BCUT2D eigenvalue weighted by atomic mass is 31.2. The van der Waals surface area contributed by atoms with Crippen LogP contribution in [-0.4, -0.2) is 69.4 Å². The number of carbonyl (C=O) groups is 2. The van der Waals surface area contributed by atoms with E-state index in [-0.39, 0.29) is 31.3 Å². The predicted octanol–water partition coefficient (Wildman–Crippen LogP) is 18.4. The predicted molar refractivity (Wildman–Crippen MR) is 316 cm³/mol. The molecule has 3 atom stereocenters. The molecule has 0 bridgehead atoms. The number of carbonyl (C=O) groups excluding carboxylic acids is 2. The average molecular weight is 1060 g/mol. The molecule has 0 saturated carbocycles. The third-order valence-electron chi connectivity index (χ3n) is 13.7. The van der Waals surface area contributed by atoms with Crippen molar-refractivity contribution in [2.75, 3.05) is 40.9 Å². The van der Waals surface area contributed by atoms with Gasteiger partial charge in [0.1, 0.15) is 19.3 Å². The van der Waals surface area contributed by atoms with Crippen molar-refractivity contribution in [2.45, 2.75) is 296 Å². The van der Waals surface area contributed by atoms with Crippen LogP contribution >= 0.6 is 7.82 Å². The maximum atomic E-state index is 13.5. The number of phosphoric ester groups is 1. The van der Waals surface area contributed by atoms with Crippen LogP contribution in [0.15, 0.2) is 60.8 Å². The lowest BCUT2D eigenvalue weighted by molar-refractivity contribution is -0.870. The second-order valence-electron chi connectivity index (χ2n) is 22.2. The van der Waals surface area contributed by atoms with Gasteiger partial charge in [0.05, 0.1) is 33.8 Å². The number of rotatable bonds is 56. The molecule has 10 heteroatoms. The van der Waals surface area contributed by atoms with Gasteiger partial charge in [-0.3, -0.25) is 14.2 Å². The number of hydrogen-bond donors (Lipinski definition) is 1. The molecule has 0 aromatic carbocycles. The van der Waals surface area contributed by atoms with Crippen LogP contribution in [0, 0.1) is 0 Å². The molecule has 0 radical (unpaired) electrons. The van der Waals surface area contributed by atoms with Gasteiger partial charge in [0.25, 0.3) is 7.82 Å². The van der Waals surface area contributed by atoms with Crippen molar-refractivity contribution >= 4 is 19.7 Å². The minimum Gasteiger partial charge on any atom is -0.756 e. The van der Waals surface area contributed by atoms with E-state index in [9.17, 15) is 19.0 Å². The number of hydrogen-bond acceptors (Lipinski definition) is 7. The summed E-state index contributed by atoms with van der Waals surface area (Å²) in [5.74, 6) is -0.615. The van der Waals surface area contributed by atoms with Gasteiger partial charge < -0.3 is 28.5 Å². The van der Waals surface area contributed by atoms with Crippen molar-refractivity contribution in [3.8, 4) is 0 Å². The highest BCUT2D eigenvalue weighted by Gasteiger charge is 2.27. The number of phosphoric acid groups is 1. The molecule has 0 saturated heterocycles. The monoisotopic (exact) mass is 1060 g/mol. The Morgan fingerprint density at radius 3 is 1.27 bits per heavy atom. The van der Waals surface area contributed by atoms with E-state index in [0.717, 1.165) is 57.8 Å². The first-order chi connectivity index (χ1) is 35.9. The first-order valence-electron chi connectivity index (χ1n) is 31.1. The first-order valence-corrected chi connectivity index (χ1v) is 32.6. The molecule has 0 aliphatic carbocycles. The van der Waals surface area contributed by atoms with E-state index in [1.165, 1.54) is 186 Å². The van der Waals surface area contributed by atoms with Crippen molar-refractivity contribution in [3.63, 3.8) is 0 Å². The van der Waals surface area contributed by atoms with Crippen LogP contribution in [0.3, 0.4) is 0 Å². The Balaban J connectivity index is 5.20. The van der Waals surface area contributed by atoms with Crippen molar-refractivity contribution in [1.29, 1.82) is 0 Å². The Morgan fingerprint density at radius 1 is 0.473 bits per heavy atom. The Hall–Kier alpha value is -2.29. The number of quaternary nitrogens is 1. The Labute approximate surface area is 458 Å². The molecule has 0 aliphatic rings. The van der Waals surface area contributed by atoms with Crippen molar-refractivity contribution in [1.82, 2.24) is 5.32 Å². The van der Waals surface area contributed by atoms with Gasteiger partial charge >= 0.3 is 5.97 Å². The van der Waals surface area contributed by atoms with Crippen LogP contribution in [0.4, 0.5) is 0 Å². The Morgan fingerprint density at radius 2 is 0.838 bits per heavy atom. The van der Waals surface area contributed by atoms with Gasteiger partial charge in [-0.15, -0.1) is 0 Å². The fourth-order valence-electron chi connectivity index (χ4n) is 8.84. The van der Waals surface area contributed by atoms with Crippen LogP contribution < -0.4 is 10.2 Å². The summed E-state index contributed by atoms with van der Waals surface area (Å²) >= 11 is 0. The summed E-state index contributed by atoms with van der Waals surface area (Å²) in [7, 11) is 1.16. The van der Waals surface area contributed by atoms with E-state index in [1.807, 2.05) is 39.4 Å². The molecule has 0 spiro atoms. The number of nitrogens with one attached hydrogen (secondary N) is 1. The topological polar surface area (TPSA) is 114 Å². The quantitative estimate of drug-likeness (QED) is 0.0212. The summed E-state index contributed by atoms with van der Waals surface area (Å²) < 4.78 is 30.2. The van der Waals surface area contributed by atoms with E-state index in [1.54, 1.807) is 0 Å². The molecule has 9 nitrogen and oxygen atoms in total. The Kier molecular flexibility index (Phi) is 52.4. The smallest absolute Gasteiger partial charge is 0.306 e. The van der Waals surface area contributed by atoms with E-state index in [4.69, 9.17) is 13.8 Å². The van der Waals surface area contributed by atoms with Gasteiger partial charge in [-0.05, 0) is 83.1 Å². The third kappa shape index (κ3) is 54.5. The number of esters is 1. The van der Waals surface area contributed by atoms with E-state index < -0.39 is 26.6 Å². The van der Waals surface area contributed by atoms with Crippen LogP contribution in [0.1, 0.15) is 284 Å². The minimum atomic E-state index is -4.71. The third-order valence-corrected chi connectivity index (χ3v) is 14.6. The molecule has 0 rings (SSSR count). The van der Waals surface area contributed by atoms with Gasteiger partial charge in [-0.25, -0.2) is 0 Å². The summed E-state index contributed by atoms with van der Waals surface area (Å²) in [6, 6.07) is -0.918. The number of allylic oxidation sites excluding steroid dienone is 9. The summed E-state index contributed by atoms with van der Waals surface area (Å²) in [5, 5.41) is 2.98.